The van der Waals surface area contributed by atoms with Crippen molar-refractivity contribution in [2.24, 2.45) is 10.5 Å². The Morgan fingerprint density at radius 3 is 1.31 bits per heavy atom. The summed E-state index contributed by atoms with van der Waals surface area (Å²) in [6, 6.07) is 0. The topological polar surface area (TPSA) is 149 Å². The quantitative estimate of drug-likeness (QED) is 0.0370. The molecular weight excluding hydrogens is 550 g/mol. The van der Waals surface area contributed by atoms with E-state index in [-0.39, 0.29) is 64.9 Å². The summed E-state index contributed by atoms with van der Waals surface area (Å²) in [5.41, 5.74) is 7.37. The lowest BCUT2D eigenvalue weighted by Gasteiger charge is -2.32. The molecule has 13 nitrogen and oxygen atoms in total. The first-order valence-electron chi connectivity index (χ1n) is 13.7. The summed E-state index contributed by atoms with van der Waals surface area (Å²) in [5.74, 6) is 7.18. The Bertz CT molecular complexity index is 781. The molecule has 0 spiro atoms. The van der Waals surface area contributed by atoms with Crippen molar-refractivity contribution in [2.75, 3.05) is 125 Å². The van der Waals surface area contributed by atoms with Gasteiger partial charge in [-0.05, 0) is 5.53 Å². The molecule has 0 radical (unpaired) electrons. The van der Waals surface area contributed by atoms with Gasteiger partial charge in [-0.3, -0.25) is 4.79 Å². The molecule has 0 atom stereocenters. The van der Waals surface area contributed by atoms with Gasteiger partial charge in [-0.2, -0.15) is 0 Å². The van der Waals surface area contributed by atoms with Crippen LogP contribution >= 0.6 is 0 Å². The molecule has 0 aliphatic carbocycles. The lowest BCUT2D eigenvalue weighted by molar-refractivity contribution is -0.128. The molecule has 42 heavy (non-hydrogen) atoms. The summed E-state index contributed by atoms with van der Waals surface area (Å²) in [7, 11) is 0. The van der Waals surface area contributed by atoms with Crippen LogP contribution in [0.5, 0.6) is 0 Å². The predicted molar refractivity (Wildman–Crippen MR) is 155 cm³/mol. The second kappa shape index (κ2) is 31.2. The van der Waals surface area contributed by atoms with Gasteiger partial charge in [0.15, 0.2) is 0 Å². The maximum absolute atomic E-state index is 12.7. The largest absolute Gasteiger partial charge is 0.379 e. The zero-order chi connectivity index (χ0) is 30.8. The molecule has 0 saturated carbocycles. The number of nitrogens with zero attached hydrogens (tertiary/aromatic N) is 3. The summed E-state index contributed by atoms with van der Waals surface area (Å²) in [4.78, 5) is 15.3. The zero-order valence-corrected chi connectivity index (χ0v) is 24.5. The fourth-order valence-electron chi connectivity index (χ4n) is 3.30. The van der Waals surface area contributed by atoms with Gasteiger partial charge < -0.3 is 42.6 Å². The molecule has 0 bridgehead atoms. The van der Waals surface area contributed by atoms with Crippen LogP contribution in [0.1, 0.15) is 12.8 Å². The first-order valence-corrected chi connectivity index (χ1v) is 13.7. The Morgan fingerprint density at radius 2 is 0.952 bits per heavy atom. The van der Waals surface area contributed by atoms with Crippen molar-refractivity contribution in [3.05, 3.63) is 10.4 Å². The van der Waals surface area contributed by atoms with Crippen molar-refractivity contribution < 1.29 is 47.4 Å². The normalized spacial score (nSPS) is 10.9. The van der Waals surface area contributed by atoms with Gasteiger partial charge in [0.1, 0.15) is 25.6 Å². The molecule has 0 aromatic rings. The second-order valence-electron chi connectivity index (χ2n) is 8.68. The number of ketones is 1. The van der Waals surface area contributed by atoms with Crippen LogP contribution in [0.2, 0.25) is 0 Å². The maximum atomic E-state index is 12.7. The highest BCUT2D eigenvalue weighted by Gasteiger charge is 2.34. The van der Waals surface area contributed by atoms with E-state index in [0.717, 1.165) is 0 Å². The molecule has 0 fully saturated rings. The van der Waals surface area contributed by atoms with Crippen LogP contribution in [0.3, 0.4) is 0 Å². The Balaban J connectivity index is 3.86. The van der Waals surface area contributed by atoms with E-state index in [1.165, 1.54) is 0 Å². The fraction of sp³-hybridized carbons (Fsp3) is 0.759. The number of carbonyl (C=O) groups is 1. The Hall–Kier alpha value is -2.70. The van der Waals surface area contributed by atoms with Crippen LogP contribution in [0, 0.1) is 42.4 Å². The minimum Gasteiger partial charge on any atom is -0.379 e. The highest BCUT2D eigenvalue weighted by molar-refractivity contribution is 5.79. The molecule has 13 heteroatoms. The Labute approximate surface area is 249 Å². The average Bonchev–Trinajstić information content (AvgIpc) is 2.98. The van der Waals surface area contributed by atoms with Gasteiger partial charge in [0.25, 0.3) is 0 Å². The average molecular weight is 596 g/mol. The van der Waals surface area contributed by atoms with Crippen LogP contribution in [0.25, 0.3) is 10.4 Å². The summed E-state index contributed by atoms with van der Waals surface area (Å²) < 4.78 is 49.0. The molecule has 0 heterocycles. The number of carbonyl (C=O) groups excluding carboxylic acids is 1. The number of azide groups is 1. The van der Waals surface area contributed by atoms with Gasteiger partial charge in [0.05, 0.1) is 99.1 Å². The van der Waals surface area contributed by atoms with Crippen LogP contribution in [-0.4, -0.2) is 131 Å². The lowest BCUT2D eigenvalue weighted by atomic mass is 9.84. The van der Waals surface area contributed by atoms with Crippen molar-refractivity contribution >= 4 is 5.78 Å². The van der Waals surface area contributed by atoms with Crippen LogP contribution in [0.15, 0.2) is 5.11 Å². The van der Waals surface area contributed by atoms with Crippen molar-refractivity contribution in [1.82, 2.24) is 0 Å². The minimum atomic E-state index is -0.769. The van der Waals surface area contributed by atoms with Gasteiger partial charge in [0.2, 0.25) is 0 Å². The van der Waals surface area contributed by atoms with Crippen LogP contribution in [0.4, 0.5) is 0 Å². The van der Waals surface area contributed by atoms with Crippen LogP contribution in [-0.2, 0) is 47.4 Å². The summed E-state index contributed by atoms with van der Waals surface area (Å²) in [6.07, 6.45) is 16.2. The van der Waals surface area contributed by atoms with E-state index in [2.05, 4.69) is 27.8 Å². The number of rotatable bonds is 32. The molecule has 0 saturated heterocycles. The molecule has 0 aromatic heterocycles. The Kier molecular flexibility index (Phi) is 29.2. The Morgan fingerprint density at radius 1 is 0.595 bits per heavy atom. The molecule has 0 rings (SSSR count). The third-order valence-corrected chi connectivity index (χ3v) is 5.14. The van der Waals surface area contributed by atoms with Gasteiger partial charge in [-0.15, -0.1) is 19.3 Å². The van der Waals surface area contributed by atoms with Crippen molar-refractivity contribution in [1.29, 1.82) is 0 Å². The highest BCUT2D eigenvalue weighted by atomic mass is 16.6. The van der Waals surface area contributed by atoms with E-state index in [1.54, 1.807) is 0 Å². The van der Waals surface area contributed by atoms with Gasteiger partial charge in [0, 0.05) is 29.7 Å². The molecule has 0 amide bonds. The van der Waals surface area contributed by atoms with Crippen molar-refractivity contribution in [3.63, 3.8) is 0 Å². The summed E-state index contributed by atoms with van der Waals surface area (Å²) >= 11 is 0. The highest BCUT2D eigenvalue weighted by Crippen LogP contribution is 2.26. The van der Waals surface area contributed by atoms with E-state index in [1.807, 2.05) is 0 Å². The third kappa shape index (κ3) is 26.2. The first-order chi connectivity index (χ1) is 20.6. The maximum Gasteiger partial charge on any atom is 0.136 e. The molecule has 0 aromatic carbocycles. The van der Waals surface area contributed by atoms with Gasteiger partial charge in [-0.25, -0.2) is 0 Å². The minimum absolute atomic E-state index is 0.0380. The molecular formula is C29H45N3O10. The zero-order valence-electron chi connectivity index (χ0n) is 24.5. The smallest absolute Gasteiger partial charge is 0.136 e. The predicted octanol–water partition coefficient (Wildman–Crippen LogP) is 1.68. The van der Waals surface area contributed by atoms with Crippen molar-refractivity contribution in [2.45, 2.75) is 12.8 Å². The van der Waals surface area contributed by atoms with E-state index in [4.69, 9.17) is 67.4 Å². The number of Topliss-reactive ketones (excluding diaryl/α,β-unsaturated/α-hetero) is 1. The lowest BCUT2D eigenvalue weighted by Crippen LogP contribution is -2.40. The van der Waals surface area contributed by atoms with E-state index >= 15 is 0 Å². The number of terminal acetylenes is 3. The van der Waals surface area contributed by atoms with Gasteiger partial charge >= 0.3 is 0 Å². The number of hydrogen-bond donors (Lipinski definition) is 0. The summed E-state index contributed by atoms with van der Waals surface area (Å²) in [6.45, 7) is 5.98. The number of ether oxygens (including phenoxy) is 9. The summed E-state index contributed by atoms with van der Waals surface area (Å²) in [5, 5.41) is 3.36. The molecule has 0 aliphatic rings. The number of hydrogen-bond acceptors (Lipinski definition) is 11. The fourth-order valence-corrected chi connectivity index (χ4v) is 3.30. The third-order valence-electron chi connectivity index (χ3n) is 5.14. The van der Waals surface area contributed by atoms with E-state index < -0.39 is 5.41 Å². The van der Waals surface area contributed by atoms with Crippen molar-refractivity contribution in [3.8, 4) is 37.0 Å². The molecule has 0 unspecified atom stereocenters. The van der Waals surface area contributed by atoms with Gasteiger partial charge in [-0.1, -0.05) is 22.9 Å². The monoisotopic (exact) mass is 595 g/mol. The first kappa shape index (κ1) is 39.3. The molecule has 0 aliphatic heterocycles. The van der Waals surface area contributed by atoms with E-state index in [0.29, 0.717) is 79.2 Å². The standard InChI is InChI=1S/C29H45N3O10/c1-4-9-40-25-29(26-41-10-5-2,27-42-11-6-3)24-28(33)7-12-34-14-16-36-18-20-38-22-23-39-21-19-37-17-15-35-13-8-31-32-30/h1-3H,7-27H2. The molecule has 0 N–H and O–H groups in total. The van der Waals surface area contributed by atoms with Crippen LogP contribution < -0.4 is 0 Å². The second-order valence-corrected chi connectivity index (χ2v) is 8.68. The SMILES string of the molecule is C#CCOCC(COCC#C)(COCC#C)CC(=O)CCOCCOCCOCCOCCOCCOCCN=[N+]=[N-]. The molecule has 236 valence electrons. The van der Waals surface area contributed by atoms with E-state index in [9.17, 15) is 4.79 Å².